The fourth-order valence-corrected chi connectivity index (χ4v) is 8.31. The lowest BCUT2D eigenvalue weighted by Crippen LogP contribution is -1.99. The van der Waals surface area contributed by atoms with Crippen molar-refractivity contribution in [2.24, 2.45) is 0 Å². The highest BCUT2D eigenvalue weighted by Gasteiger charge is 2.22. The number of hydrogen-bond acceptors (Lipinski definition) is 0. The monoisotopic (exact) mass is 623 g/mol. The molecule has 0 aliphatic rings. The molecule has 0 amide bonds. The van der Waals surface area contributed by atoms with E-state index in [9.17, 15) is 0 Å². The van der Waals surface area contributed by atoms with Gasteiger partial charge < -0.3 is 4.40 Å². The molecule has 0 radical (unpaired) electrons. The summed E-state index contributed by atoms with van der Waals surface area (Å²) in [6.07, 6.45) is 0.829. The Morgan fingerprint density at radius 1 is 0.408 bits per heavy atom. The minimum atomic E-state index is 0.829. The highest BCUT2D eigenvalue weighted by molar-refractivity contribution is 6.29. The minimum Gasteiger partial charge on any atom is -0.307 e. The van der Waals surface area contributed by atoms with Crippen molar-refractivity contribution < 1.29 is 0 Å². The van der Waals surface area contributed by atoms with E-state index >= 15 is 0 Å². The zero-order chi connectivity index (χ0) is 32.5. The zero-order valence-electron chi connectivity index (χ0n) is 27.3. The van der Waals surface area contributed by atoms with Gasteiger partial charge in [-0.25, -0.2) is 0 Å². The Kier molecular flexibility index (Phi) is 6.22. The molecule has 1 heteroatoms. The molecule has 1 nitrogen and oxygen atoms in total. The first-order chi connectivity index (χ1) is 24.2. The molecule has 0 aliphatic heterocycles. The molecule has 230 valence electrons. The van der Waals surface area contributed by atoms with Crippen LogP contribution in [0.25, 0.3) is 82.2 Å². The lowest BCUT2D eigenvalue weighted by atomic mass is 9.86. The SMILES string of the molecule is Cc1ccccc1-c1cccc(-c2cccc3c4ccc5cccc6c7ccccc7n(c23)c4c56)c1Cc1ccc(-c2ccccc2)cc1. The fraction of sp³-hybridized carbons (Fsp3) is 0.0417. The van der Waals surface area contributed by atoms with E-state index in [1.54, 1.807) is 0 Å². The maximum Gasteiger partial charge on any atom is 0.0626 e. The van der Waals surface area contributed by atoms with Crippen LogP contribution in [0.1, 0.15) is 16.7 Å². The molecule has 0 spiro atoms. The van der Waals surface area contributed by atoms with Gasteiger partial charge in [-0.15, -0.1) is 0 Å². The average Bonchev–Trinajstić information content (AvgIpc) is 3.51. The van der Waals surface area contributed by atoms with Crippen LogP contribution in [0.4, 0.5) is 0 Å². The fourth-order valence-electron chi connectivity index (χ4n) is 8.31. The first-order valence-corrected chi connectivity index (χ1v) is 17.2. The molecule has 0 saturated carbocycles. The van der Waals surface area contributed by atoms with Gasteiger partial charge in [0.1, 0.15) is 0 Å². The molecule has 0 atom stereocenters. The predicted octanol–water partition coefficient (Wildman–Crippen LogP) is 12.9. The van der Waals surface area contributed by atoms with E-state index in [-0.39, 0.29) is 0 Å². The smallest absolute Gasteiger partial charge is 0.0626 e. The summed E-state index contributed by atoms with van der Waals surface area (Å²) in [4.78, 5) is 0. The second-order valence-electron chi connectivity index (χ2n) is 13.3. The molecular weight excluding hydrogens is 591 g/mol. The number of nitrogens with zero attached hydrogens (tertiary/aromatic N) is 1. The molecule has 8 aromatic carbocycles. The van der Waals surface area contributed by atoms with E-state index in [4.69, 9.17) is 0 Å². The number of hydrogen-bond donors (Lipinski definition) is 0. The second kappa shape index (κ2) is 10.9. The Bertz CT molecular complexity index is 2840. The van der Waals surface area contributed by atoms with Crippen LogP contribution in [0.5, 0.6) is 0 Å². The summed E-state index contributed by atoms with van der Waals surface area (Å²) in [6.45, 7) is 2.23. The number of fused-ring (bicyclic) bond motifs is 6. The zero-order valence-corrected chi connectivity index (χ0v) is 27.3. The number of aromatic nitrogens is 1. The van der Waals surface area contributed by atoms with E-state index in [0.29, 0.717) is 0 Å². The molecule has 2 aromatic heterocycles. The van der Waals surface area contributed by atoms with Crippen molar-refractivity contribution in [2.75, 3.05) is 0 Å². The summed E-state index contributed by atoms with van der Waals surface area (Å²) in [5, 5.41) is 7.82. The summed E-state index contributed by atoms with van der Waals surface area (Å²) in [5.74, 6) is 0. The molecule has 0 unspecified atom stereocenters. The molecule has 10 rings (SSSR count). The van der Waals surface area contributed by atoms with Crippen molar-refractivity contribution in [3.63, 3.8) is 0 Å². The molecule has 49 heavy (non-hydrogen) atoms. The highest BCUT2D eigenvalue weighted by atomic mass is 14.9. The lowest BCUT2D eigenvalue weighted by molar-refractivity contribution is 1.19. The third-order valence-electron chi connectivity index (χ3n) is 10.6. The molecule has 0 aliphatic carbocycles. The van der Waals surface area contributed by atoms with Crippen LogP contribution in [0, 0.1) is 6.92 Å². The topological polar surface area (TPSA) is 4.41 Å². The van der Waals surface area contributed by atoms with Gasteiger partial charge in [0.25, 0.3) is 0 Å². The molecule has 0 bridgehead atoms. The predicted molar refractivity (Wildman–Crippen MR) is 209 cm³/mol. The molecule has 0 N–H and O–H groups in total. The van der Waals surface area contributed by atoms with Crippen LogP contribution in [0.15, 0.2) is 170 Å². The lowest BCUT2D eigenvalue weighted by Gasteiger charge is -2.19. The van der Waals surface area contributed by atoms with Gasteiger partial charge in [0.2, 0.25) is 0 Å². The molecule has 0 saturated heterocycles. The Labute approximate surface area is 285 Å². The maximum atomic E-state index is 2.56. The van der Waals surface area contributed by atoms with Gasteiger partial charge in [0.15, 0.2) is 0 Å². The van der Waals surface area contributed by atoms with E-state index in [1.165, 1.54) is 98.9 Å². The molecule has 2 heterocycles. The minimum absolute atomic E-state index is 0.829. The van der Waals surface area contributed by atoms with E-state index in [1.807, 2.05) is 0 Å². The van der Waals surface area contributed by atoms with Crippen molar-refractivity contribution in [2.45, 2.75) is 13.3 Å². The maximum absolute atomic E-state index is 2.56. The third-order valence-corrected chi connectivity index (χ3v) is 10.6. The number of rotatable bonds is 5. The first-order valence-electron chi connectivity index (χ1n) is 17.2. The Morgan fingerprint density at radius 3 is 1.88 bits per heavy atom. The summed E-state index contributed by atoms with van der Waals surface area (Å²) < 4.78 is 2.56. The van der Waals surface area contributed by atoms with Crippen LogP contribution >= 0.6 is 0 Å². The average molecular weight is 624 g/mol. The normalized spacial score (nSPS) is 11.9. The van der Waals surface area contributed by atoms with E-state index in [2.05, 4.69) is 181 Å². The molecular formula is C48H33N. The van der Waals surface area contributed by atoms with E-state index in [0.717, 1.165) is 6.42 Å². The van der Waals surface area contributed by atoms with Gasteiger partial charge in [0.05, 0.1) is 16.6 Å². The van der Waals surface area contributed by atoms with Crippen molar-refractivity contribution in [3.8, 4) is 33.4 Å². The molecule has 10 aromatic rings. The molecule has 0 fully saturated rings. The Hall–Kier alpha value is -6.18. The van der Waals surface area contributed by atoms with Gasteiger partial charge >= 0.3 is 0 Å². The van der Waals surface area contributed by atoms with Gasteiger partial charge in [-0.2, -0.15) is 0 Å². The van der Waals surface area contributed by atoms with Crippen LogP contribution in [0.3, 0.4) is 0 Å². The summed E-state index contributed by atoms with van der Waals surface area (Å²) >= 11 is 0. The number of para-hydroxylation sites is 2. The van der Waals surface area contributed by atoms with E-state index < -0.39 is 0 Å². The number of aryl methyl sites for hydroxylation is 1. The standard InChI is InChI=1S/C48H33N/c1-31-12-5-6-16-36(31)37-18-10-19-38(44(37)30-32-24-26-34(27-25-32)33-13-3-2-4-14-33)41-21-11-22-42-43-29-28-35-15-9-20-40-39-17-7-8-23-45(39)49(47(41)42)48(43)46(35)40/h2-29H,30H2,1H3. The van der Waals surface area contributed by atoms with Gasteiger partial charge in [-0.3, -0.25) is 0 Å². The first kappa shape index (κ1) is 27.9. The van der Waals surface area contributed by atoms with Crippen LogP contribution < -0.4 is 0 Å². The van der Waals surface area contributed by atoms with Crippen LogP contribution in [0.2, 0.25) is 0 Å². The summed E-state index contributed by atoms with van der Waals surface area (Å²) in [6, 6.07) is 62.7. The van der Waals surface area contributed by atoms with Gasteiger partial charge in [0, 0.05) is 27.1 Å². The largest absolute Gasteiger partial charge is 0.307 e. The van der Waals surface area contributed by atoms with Crippen LogP contribution in [-0.2, 0) is 6.42 Å². The number of benzene rings is 8. The van der Waals surface area contributed by atoms with Crippen molar-refractivity contribution in [3.05, 3.63) is 187 Å². The third kappa shape index (κ3) is 4.26. The van der Waals surface area contributed by atoms with Gasteiger partial charge in [-0.05, 0) is 74.7 Å². The Morgan fingerprint density at radius 2 is 1.02 bits per heavy atom. The van der Waals surface area contributed by atoms with Gasteiger partial charge in [-0.1, -0.05) is 164 Å². The highest BCUT2D eigenvalue weighted by Crippen LogP contribution is 2.45. The van der Waals surface area contributed by atoms with Crippen molar-refractivity contribution in [1.29, 1.82) is 0 Å². The summed E-state index contributed by atoms with van der Waals surface area (Å²) in [7, 11) is 0. The quantitative estimate of drug-likeness (QED) is 0.133. The second-order valence-corrected chi connectivity index (χ2v) is 13.3. The van der Waals surface area contributed by atoms with Crippen molar-refractivity contribution >= 4 is 48.9 Å². The number of pyridine rings is 1. The van der Waals surface area contributed by atoms with Crippen LogP contribution in [-0.4, -0.2) is 4.40 Å². The Balaban J connectivity index is 1.27. The van der Waals surface area contributed by atoms with Crippen molar-refractivity contribution in [1.82, 2.24) is 4.40 Å². The summed E-state index contributed by atoms with van der Waals surface area (Å²) in [5.41, 5.74) is 15.4.